The van der Waals surface area contributed by atoms with Crippen molar-refractivity contribution in [2.75, 3.05) is 13.6 Å². The molecule has 3 heteroatoms. The minimum atomic E-state index is -0.191. The molecule has 0 heterocycles. The van der Waals surface area contributed by atoms with E-state index in [0.29, 0.717) is 12.6 Å². The fourth-order valence-electron chi connectivity index (χ4n) is 1.42. The Balaban J connectivity index is 0.00000225. The van der Waals surface area contributed by atoms with Gasteiger partial charge in [0.2, 0.25) is 0 Å². The third kappa shape index (κ3) is 4.65. The van der Waals surface area contributed by atoms with E-state index < -0.39 is 0 Å². The molecule has 0 saturated carbocycles. The average molecular weight is 242 g/mol. The normalized spacial score (nSPS) is 11.7. The van der Waals surface area contributed by atoms with Crippen LogP contribution in [0.15, 0.2) is 24.3 Å². The van der Waals surface area contributed by atoms with E-state index in [9.17, 15) is 4.39 Å². The molecule has 1 rings (SSSR count). The highest BCUT2D eigenvalue weighted by atomic mass is 35.5. The molecule has 1 aromatic carbocycles. The van der Waals surface area contributed by atoms with Crippen molar-refractivity contribution in [2.24, 2.45) is 0 Å². The lowest BCUT2D eigenvalue weighted by Gasteiger charge is -2.22. The Morgan fingerprint density at radius 2 is 1.94 bits per heavy atom. The quantitative estimate of drug-likeness (QED) is 0.733. The minimum Gasteiger partial charge on any atom is -0.292 e. The van der Waals surface area contributed by atoms with E-state index in [1.165, 1.54) is 12.1 Å². The van der Waals surface area contributed by atoms with E-state index >= 15 is 0 Å². The Labute approximate surface area is 103 Å². The van der Waals surface area contributed by atoms with Gasteiger partial charge >= 0.3 is 0 Å². The van der Waals surface area contributed by atoms with Gasteiger partial charge in [-0.25, -0.2) is 4.39 Å². The minimum absolute atomic E-state index is 0. The molecular weight excluding hydrogens is 225 g/mol. The van der Waals surface area contributed by atoms with Crippen molar-refractivity contribution in [3.8, 4) is 12.3 Å². The predicted molar refractivity (Wildman–Crippen MR) is 68.3 cm³/mol. The fourth-order valence-corrected chi connectivity index (χ4v) is 1.42. The molecule has 88 valence electrons. The van der Waals surface area contributed by atoms with Crippen molar-refractivity contribution in [1.82, 2.24) is 4.90 Å². The van der Waals surface area contributed by atoms with Crippen LogP contribution in [0, 0.1) is 18.2 Å². The molecule has 16 heavy (non-hydrogen) atoms. The first-order valence-corrected chi connectivity index (χ1v) is 5.01. The molecule has 0 unspecified atom stereocenters. The van der Waals surface area contributed by atoms with Crippen molar-refractivity contribution in [1.29, 1.82) is 0 Å². The second-order valence-corrected chi connectivity index (χ2v) is 3.80. The van der Waals surface area contributed by atoms with Gasteiger partial charge in [-0.05, 0) is 38.1 Å². The van der Waals surface area contributed by atoms with Gasteiger partial charge in [-0.15, -0.1) is 18.8 Å². The summed E-state index contributed by atoms with van der Waals surface area (Å²) in [6.07, 6.45) is 6.13. The van der Waals surface area contributed by atoms with Gasteiger partial charge in [0.15, 0.2) is 0 Å². The first-order valence-electron chi connectivity index (χ1n) is 5.01. The van der Waals surface area contributed by atoms with E-state index in [0.717, 1.165) is 12.0 Å². The monoisotopic (exact) mass is 241 g/mol. The molecule has 1 atom stereocenters. The highest BCUT2D eigenvalue weighted by Crippen LogP contribution is 2.08. The molecule has 0 aliphatic rings. The lowest BCUT2D eigenvalue weighted by molar-refractivity contribution is 0.287. The molecule has 0 aliphatic carbocycles. The number of hydrogen-bond acceptors (Lipinski definition) is 1. The summed E-state index contributed by atoms with van der Waals surface area (Å²) in [5.41, 5.74) is 1.13. The first-order chi connectivity index (χ1) is 7.13. The molecule has 0 saturated heterocycles. The lowest BCUT2D eigenvalue weighted by atomic mass is 10.1. The SMILES string of the molecule is C#CCN(C)[C@H](C)Cc1ccc(F)cc1.Cl. The van der Waals surface area contributed by atoms with Crippen LogP contribution in [-0.4, -0.2) is 24.5 Å². The Hall–Kier alpha value is -1.04. The van der Waals surface area contributed by atoms with E-state index in [1.54, 1.807) is 0 Å². The van der Waals surface area contributed by atoms with Gasteiger partial charge in [0.25, 0.3) is 0 Å². The third-order valence-electron chi connectivity index (χ3n) is 2.54. The Bertz CT molecular complexity index is 342. The van der Waals surface area contributed by atoms with E-state index in [2.05, 4.69) is 17.7 Å². The molecule has 0 aromatic heterocycles. The summed E-state index contributed by atoms with van der Waals surface area (Å²) in [5.74, 6) is 2.42. The Kier molecular flexibility index (Phi) is 6.80. The van der Waals surface area contributed by atoms with Gasteiger partial charge in [-0.3, -0.25) is 4.90 Å². The van der Waals surface area contributed by atoms with E-state index in [4.69, 9.17) is 6.42 Å². The second-order valence-electron chi connectivity index (χ2n) is 3.80. The topological polar surface area (TPSA) is 3.24 Å². The van der Waals surface area contributed by atoms with E-state index in [-0.39, 0.29) is 18.2 Å². The first kappa shape index (κ1) is 15.0. The van der Waals surface area contributed by atoms with Gasteiger partial charge in [0.05, 0.1) is 6.54 Å². The summed E-state index contributed by atoms with van der Waals surface area (Å²) < 4.78 is 12.7. The maximum atomic E-state index is 12.7. The lowest BCUT2D eigenvalue weighted by Crippen LogP contribution is -2.31. The maximum absolute atomic E-state index is 12.7. The zero-order valence-electron chi connectivity index (χ0n) is 9.61. The van der Waals surface area contributed by atoms with Crippen LogP contribution in [0.25, 0.3) is 0 Å². The van der Waals surface area contributed by atoms with Crippen LogP contribution >= 0.6 is 12.4 Å². The van der Waals surface area contributed by atoms with Crippen LogP contribution in [0.2, 0.25) is 0 Å². The van der Waals surface area contributed by atoms with Crippen molar-refractivity contribution in [2.45, 2.75) is 19.4 Å². The van der Waals surface area contributed by atoms with Crippen molar-refractivity contribution in [3.05, 3.63) is 35.6 Å². The predicted octanol–water partition coefficient (Wildman–Crippen LogP) is 2.74. The maximum Gasteiger partial charge on any atom is 0.123 e. The van der Waals surface area contributed by atoms with Crippen LogP contribution in [-0.2, 0) is 6.42 Å². The zero-order chi connectivity index (χ0) is 11.3. The number of terminal acetylenes is 1. The summed E-state index contributed by atoms with van der Waals surface area (Å²) in [6, 6.07) is 6.98. The highest BCUT2D eigenvalue weighted by molar-refractivity contribution is 5.85. The van der Waals surface area contributed by atoms with Crippen LogP contribution < -0.4 is 0 Å². The van der Waals surface area contributed by atoms with Crippen molar-refractivity contribution >= 4 is 12.4 Å². The number of likely N-dealkylation sites (N-methyl/N-ethyl adjacent to an activating group) is 1. The summed E-state index contributed by atoms with van der Waals surface area (Å²) in [7, 11) is 1.99. The van der Waals surface area contributed by atoms with Crippen LogP contribution in [0.1, 0.15) is 12.5 Å². The highest BCUT2D eigenvalue weighted by Gasteiger charge is 2.08. The molecule has 1 nitrogen and oxygen atoms in total. The summed E-state index contributed by atoms with van der Waals surface area (Å²) in [6.45, 7) is 2.75. The average Bonchev–Trinajstić information content (AvgIpc) is 2.22. The molecule has 0 radical (unpaired) electrons. The summed E-state index contributed by atoms with van der Waals surface area (Å²) >= 11 is 0. The molecular formula is C13H17ClFN. The summed E-state index contributed by atoms with van der Waals surface area (Å²) in [4.78, 5) is 2.10. The number of benzene rings is 1. The fraction of sp³-hybridized carbons (Fsp3) is 0.385. The van der Waals surface area contributed by atoms with Gasteiger partial charge in [-0.2, -0.15) is 0 Å². The molecule has 0 amide bonds. The number of hydrogen-bond donors (Lipinski definition) is 0. The van der Waals surface area contributed by atoms with Gasteiger partial charge in [0, 0.05) is 6.04 Å². The molecule has 0 fully saturated rings. The van der Waals surface area contributed by atoms with Gasteiger partial charge in [0.1, 0.15) is 5.82 Å². The van der Waals surface area contributed by atoms with E-state index in [1.807, 2.05) is 19.2 Å². The molecule has 0 bridgehead atoms. The molecule has 0 aliphatic heterocycles. The molecule has 1 aromatic rings. The molecule has 0 spiro atoms. The van der Waals surface area contributed by atoms with Crippen molar-refractivity contribution < 1.29 is 4.39 Å². The summed E-state index contributed by atoms with van der Waals surface area (Å²) in [5, 5.41) is 0. The standard InChI is InChI=1S/C13H16FN.ClH/c1-4-9-15(3)11(2)10-12-5-7-13(14)8-6-12;/h1,5-8,11H,9-10H2,2-3H3;1H/t11-;/m1./s1. The number of rotatable bonds is 4. The third-order valence-corrected chi connectivity index (χ3v) is 2.54. The van der Waals surface area contributed by atoms with Crippen molar-refractivity contribution in [3.63, 3.8) is 0 Å². The molecule has 0 N–H and O–H groups in total. The number of halogens is 2. The van der Waals surface area contributed by atoms with Crippen LogP contribution in [0.5, 0.6) is 0 Å². The van der Waals surface area contributed by atoms with Gasteiger partial charge < -0.3 is 0 Å². The largest absolute Gasteiger partial charge is 0.292 e. The second kappa shape index (κ2) is 7.27. The number of nitrogens with zero attached hydrogens (tertiary/aromatic N) is 1. The smallest absolute Gasteiger partial charge is 0.123 e. The van der Waals surface area contributed by atoms with Gasteiger partial charge in [-0.1, -0.05) is 18.1 Å². The Morgan fingerprint density at radius 3 is 2.44 bits per heavy atom. The van der Waals surface area contributed by atoms with Crippen LogP contribution in [0.4, 0.5) is 4.39 Å². The Morgan fingerprint density at radius 1 is 1.38 bits per heavy atom. The zero-order valence-corrected chi connectivity index (χ0v) is 10.4. The van der Waals surface area contributed by atoms with Crippen LogP contribution in [0.3, 0.4) is 0 Å².